The molecule has 6 nitrogen and oxygen atoms in total. The largest absolute Gasteiger partial charge is 0.393 e. The molecule has 0 aliphatic carbocycles. The molecule has 0 aliphatic rings. The molecule has 0 spiro atoms. The maximum absolute atomic E-state index is 11.4. The van der Waals surface area contributed by atoms with Gasteiger partial charge in [-0.15, -0.1) is 0 Å². The van der Waals surface area contributed by atoms with Crippen LogP contribution < -0.4 is 5.73 Å². The third-order valence-electron chi connectivity index (χ3n) is 1.94. The van der Waals surface area contributed by atoms with Crippen LogP contribution in [0.4, 0.5) is 11.4 Å². The number of nitrogen functional groups attached to an aromatic ring is 1. The second-order valence-electron chi connectivity index (χ2n) is 2.88. The summed E-state index contributed by atoms with van der Waals surface area (Å²) < 4.78 is 22.8. The molecule has 0 bridgehead atoms. The Morgan fingerprint density at radius 3 is 2.53 bits per heavy atom. The molecule has 1 aromatic rings. The fourth-order valence-electron chi connectivity index (χ4n) is 1.04. The van der Waals surface area contributed by atoms with Crippen LogP contribution >= 0.6 is 0 Å². The number of rotatable bonds is 3. The Labute approximate surface area is 86.8 Å². The van der Waals surface area contributed by atoms with Crippen molar-refractivity contribution < 1.29 is 13.3 Å². The average Bonchev–Trinajstić information content (AvgIpc) is 2.17. The highest BCUT2D eigenvalue weighted by Crippen LogP contribution is 2.25. The summed E-state index contributed by atoms with van der Waals surface area (Å²) in [4.78, 5) is 9.74. The minimum Gasteiger partial charge on any atom is -0.393 e. The highest BCUT2D eigenvalue weighted by molar-refractivity contribution is 7.91. The molecule has 0 fully saturated rings. The zero-order valence-corrected chi connectivity index (χ0v) is 8.82. The van der Waals surface area contributed by atoms with Gasteiger partial charge in [0.15, 0.2) is 9.84 Å². The number of anilines is 1. The van der Waals surface area contributed by atoms with Gasteiger partial charge in [0.05, 0.1) is 15.6 Å². The number of nitro groups is 1. The summed E-state index contributed by atoms with van der Waals surface area (Å²) >= 11 is 0. The standard InChI is InChI=1S/C8H10N2O4S/c1-2-15(13,14)6-3-4-7(9)8(5-6)10(11)12/h3-5H,2,9H2,1H3. The molecule has 0 unspecified atom stereocenters. The van der Waals surface area contributed by atoms with E-state index in [2.05, 4.69) is 0 Å². The fraction of sp³-hybridized carbons (Fsp3) is 0.250. The Morgan fingerprint density at radius 1 is 1.47 bits per heavy atom. The SMILES string of the molecule is CCS(=O)(=O)c1ccc(N)c([N+](=O)[O-])c1. The van der Waals surface area contributed by atoms with Gasteiger partial charge in [-0.3, -0.25) is 10.1 Å². The minimum atomic E-state index is -3.43. The number of hydrogen-bond acceptors (Lipinski definition) is 5. The zero-order valence-electron chi connectivity index (χ0n) is 8.00. The fourth-order valence-corrected chi connectivity index (χ4v) is 1.94. The van der Waals surface area contributed by atoms with Crippen LogP contribution in [0, 0.1) is 10.1 Å². The molecule has 0 radical (unpaired) electrons. The Kier molecular flexibility index (Phi) is 2.94. The van der Waals surface area contributed by atoms with Crippen molar-refractivity contribution >= 4 is 21.2 Å². The van der Waals surface area contributed by atoms with Gasteiger partial charge in [0.2, 0.25) is 0 Å². The molecule has 15 heavy (non-hydrogen) atoms. The molecule has 82 valence electrons. The Balaban J connectivity index is 3.38. The van der Waals surface area contributed by atoms with Crippen LogP contribution in [-0.2, 0) is 9.84 Å². The average molecular weight is 230 g/mol. The summed E-state index contributed by atoms with van der Waals surface area (Å²) in [7, 11) is -3.43. The van der Waals surface area contributed by atoms with Crippen LogP contribution in [-0.4, -0.2) is 19.1 Å². The van der Waals surface area contributed by atoms with Crippen LogP contribution in [0.3, 0.4) is 0 Å². The molecular formula is C8H10N2O4S. The van der Waals surface area contributed by atoms with E-state index in [1.807, 2.05) is 0 Å². The number of nitro benzene ring substituents is 1. The maximum atomic E-state index is 11.4. The van der Waals surface area contributed by atoms with E-state index in [0.717, 1.165) is 6.07 Å². The van der Waals surface area contributed by atoms with E-state index in [1.165, 1.54) is 19.1 Å². The summed E-state index contributed by atoms with van der Waals surface area (Å²) in [6.07, 6.45) is 0. The molecular weight excluding hydrogens is 220 g/mol. The van der Waals surface area contributed by atoms with Crippen molar-refractivity contribution in [3.8, 4) is 0 Å². The van der Waals surface area contributed by atoms with Gasteiger partial charge in [0.1, 0.15) is 5.69 Å². The van der Waals surface area contributed by atoms with E-state index >= 15 is 0 Å². The second-order valence-corrected chi connectivity index (χ2v) is 5.16. The van der Waals surface area contributed by atoms with Crippen LogP contribution in [0.2, 0.25) is 0 Å². The van der Waals surface area contributed by atoms with Gasteiger partial charge in [-0.05, 0) is 12.1 Å². The van der Waals surface area contributed by atoms with E-state index in [4.69, 9.17) is 5.73 Å². The number of sulfone groups is 1. The first-order valence-corrected chi connectivity index (χ1v) is 5.80. The maximum Gasteiger partial charge on any atom is 0.293 e. The minimum absolute atomic E-state index is 0.0462. The third-order valence-corrected chi connectivity index (χ3v) is 3.67. The van der Waals surface area contributed by atoms with Crippen molar-refractivity contribution in [2.75, 3.05) is 11.5 Å². The molecule has 0 saturated heterocycles. The van der Waals surface area contributed by atoms with Crippen molar-refractivity contribution in [1.82, 2.24) is 0 Å². The Bertz CT molecular complexity index is 495. The molecule has 2 N–H and O–H groups in total. The van der Waals surface area contributed by atoms with Crippen molar-refractivity contribution in [2.24, 2.45) is 0 Å². The van der Waals surface area contributed by atoms with Crippen molar-refractivity contribution in [3.05, 3.63) is 28.3 Å². The van der Waals surface area contributed by atoms with Gasteiger partial charge >= 0.3 is 0 Å². The monoisotopic (exact) mass is 230 g/mol. The smallest absolute Gasteiger partial charge is 0.293 e. The molecule has 0 atom stereocenters. The highest BCUT2D eigenvalue weighted by atomic mass is 32.2. The van der Waals surface area contributed by atoms with Gasteiger partial charge < -0.3 is 5.73 Å². The summed E-state index contributed by atoms with van der Waals surface area (Å²) in [6.45, 7) is 1.47. The predicted molar refractivity (Wildman–Crippen MR) is 55.2 cm³/mol. The molecule has 0 aliphatic heterocycles. The van der Waals surface area contributed by atoms with Gasteiger partial charge in [0.25, 0.3) is 5.69 Å². The van der Waals surface area contributed by atoms with Crippen LogP contribution in [0.15, 0.2) is 23.1 Å². The lowest BCUT2D eigenvalue weighted by molar-refractivity contribution is -0.384. The molecule has 0 amide bonds. The molecule has 0 saturated carbocycles. The first-order chi connectivity index (χ1) is 6.88. The Morgan fingerprint density at radius 2 is 2.07 bits per heavy atom. The number of hydrogen-bond donors (Lipinski definition) is 1. The van der Waals surface area contributed by atoms with E-state index in [1.54, 1.807) is 0 Å². The lowest BCUT2D eigenvalue weighted by Gasteiger charge is -2.02. The van der Waals surface area contributed by atoms with E-state index in [-0.39, 0.29) is 22.0 Å². The lowest BCUT2D eigenvalue weighted by Crippen LogP contribution is -2.05. The van der Waals surface area contributed by atoms with E-state index < -0.39 is 14.8 Å². The summed E-state index contributed by atoms with van der Waals surface area (Å²) in [5.41, 5.74) is 4.91. The first kappa shape index (κ1) is 11.4. The zero-order chi connectivity index (χ0) is 11.6. The summed E-state index contributed by atoms with van der Waals surface area (Å²) in [6, 6.07) is 3.47. The highest BCUT2D eigenvalue weighted by Gasteiger charge is 2.18. The number of nitrogens with two attached hydrogens (primary N) is 1. The molecule has 1 rings (SSSR count). The van der Waals surface area contributed by atoms with Crippen LogP contribution in [0.25, 0.3) is 0 Å². The van der Waals surface area contributed by atoms with Gasteiger partial charge in [-0.1, -0.05) is 6.92 Å². The predicted octanol–water partition coefficient (Wildman–Crippen LogP) is 0.971. The quantitative estimate of drug-likeness (QED) is 0.473. The van der Waals surface area contributed by atoms with Crippen molar-refractivity contribution in [1.29, 1.82) is 0 Å². The number of nitrogens with zero attached hydrogens (tertiary/aromatic N) is 1. The molecule has 0 heterocycles. The molecule has 1 aromatic carbocycles. The topological polar surface area (TPSA) is 103 Å². The van der Waals surface area contributed by atoms with Gasteiger partial charge in [-0.2, -0.15) is 0 Å². The van der Waals surface area contributed by atoms with Crippen molar-refractivity contribution in [3.63, 3.8) is 0 Å². The van der Waals surface area contributed by atoms with Gasteiger partial charge in [0, 0.05) is 6.07 Å². The van der Waals surface area contributed by atoms with E-state index in [0.29, 0.717) is 0 Å². The van der Waals surface area contributed by atoms with E-state index in [9.17, 15) is 18.5 Å². The Hall–Kier alpha value is -1.63. The molecule has 0 aromatic heterocycles. The first-order valence-electron chi connectivity index (χ1n) is 4.15. The van der Waals surface area contributed by atoms with Crippen LogP contribution in [0.1, 0.15) is 6.92 Å². The van der Waals surface area contributed by atoms with Gasteiger partial charge in [-0.25, -0.2) is 8.42 Å². The van der Waals surface area contributed by atoms with Crippen molar-refractivity contribution in [2.45, 2.75) is 11.8 Å². The normalized spacial score (nSPS) is 11.3. The second kappa shape index (κ2) is 3.85. The van der Waals surface area contributed by atoms with Crippen LogP contribution in [0.5, 0.6) is 0 Å². The summed E-state index contributed by atoms with van der Waals surface area (Å²) in [5, 5.41) is 10.5. The number of benzene rings is 1. The third kappa shape index (κ3) is 2.24. The summed E-state index contributed by atoms with van der Waals surface area (Å²) in [5.74, 6) is -0.103. The molecule has 7 heteroatoms. The lowest BCUT2D eigenvalue weighted by atomic mass is 10.3.